The van der Waals surface area contributed by atoms with Crippen LogP contribution in [0.4, 0.5) is 4.39 Å². The van der Waals surface area contributed by atoms with E-state index < -0.39 is 12.3 Å². The number of nitrogens with zero attached hydrogens (tertiary/aromatic N) is 2. The molecule has 0 bridgehead atoms. The minimum Gasteiger partial charge on any atom is -0.390 e. The molecular weight excluding hydrogens is 418 g/mol. The van der Waals surface area contributed by atoms with Gasteiger partial charge in [0.2, 0.25) is 5.91 Å². The molecule has 2 aromatic rings. The summed E-state index contributed by atoms with van der Waals surface area (Å²) in [5.41, 5.74) is 1.48. The minimum absolute atomic E-state index is 0.0191. The van der Waals surface area contributed by atoms with Gasteiger partial charge in [0.15, 0.2) is 0 Å². The van der Waals surface area contributed by atoms with E-state index in [2.05, 4.69) is 4.98 Å². The molecule has 8 heteroatoms. The quantitative estimate of drug-likeness (QED) is 0.742. The summed E-state index contributed by atoms with van der Waals surface area (Å²) < 4.78 is 13.3. The van der Waals surface area contributed by atoms with Crippen LogP contribution in [0.15, 0.2) is 24.4 Å². The topological polar surface area (TPSA) is 73.7 Å². The zero-order valence-corrected chi connectivity index (χ0v) is 17.8. The summed E-state index contributed by atoms with van der Waals surface area (Å²) in [6, 6.07) is 5.15. The minimum atomic E-state index is -1.56. The van der Waals surface area contributed by atoms with Crippen LogP contribution in [-0.2, 0) is 29.8 Å². The second-order valence-corrected chi connectivity index (χ2v) is 8.26. The van der Waals surface area contributed by atoms with Gasteiger partial charge in [-0.15, -0.1) is 0 Å². The summed E-state index contributed by atoms with van der Waals surface area (Å²) in [5.74, 6) is -0.162. The number of fused-ring (bicyclic) bond motifs is 1. The standard InChI is InChI=1S/C21H23Cl2FN2O3/c1-12-13-4-3-5-16(21(2,29)11-24)14(13)6-7-26(12)19(28)8-15-17(22)9-25-18(10-27)20(15)23/h3-5,9,12,27,29H,6-8,10-11H2,1-2H3/t12-,21?/m0/s1. The fourth-order valence-corrected chi connectivity index (χ4v) is 4.40. The predicted molar refractivity (Wildman–Crippen MR) is 110 cm³/mol. The largest absolute Gasteiger partial charge is 0.390 e. The zero-order valence-electron chi connectivity index (χ0n) is 16.3. The Morgan fingerprint density at radius 3 is 2.79 bits per heavy atom. The van der Waals surface area contributed by atoms with Gasteiger partial charge in [-0.3, -0.25) is 9.78 Å². The highest BCUT2D eigenvalue weighted by Gasteiger charge is 2.34. The summed E-state index contributed by atoms with van der Waals surface area (Å²) >= 11 is 12.4. The lowest BCUT2D eigenvalue weighted by molar-refractivity contribution is -0.133. The summed E-state index contributed by atoms with van der Waals surface area (Å²) in [6.45, 7) is 2.56. The highest BCUT2D eigenvalue weighted by Crippen LogP contribution is 2.36. The van der Waals surface area contributed by atoms with E-state index in [-0.39, 0.29) is 40.7 Å². The molecule has 3 rings (SSSR count). The van der Waals surface area contributed by atoms with Crippen LogP contribution in [0.2, 0.25) is 10.0 Å². The molecular formula is C21H23Cl2FN2O3. The number of aliphatic hydroxyl groups excluding tert-OH is 1. The van der Waals surface area contributed by atoms with Gasteiger partial charge < -0.3 is 15.1 Å². The van der Waals surface area contributed by atoms with E-state index >= 15 is 0 Å². The number of halogens is 3. The Bertz CT molecular complexity index is 936. The van der Waals surface area contributed by atoms with Gasteiger partial charge in [-0.25, -0.2) is 4.39 Å². The molecule has 156 valence electrons. The number of aliphatic hydroxyl groups is 2. The molecule has 0 aliphatic carbocycles. The van der Waals surface area contributed by atoms with Crippen molar-refractivity contribution in [3.63, 3.8) is 0 Å². The van der Waals surface area contributed by atoms with Crippen molar-refractivity contribution in [1.29, 1.82) is 0 Å². The highest BCUT2D eigenvalue weighted by molar-refractivity contribution is 6.36. The molecule has 2 atom stereocenters. The van der Waals surface area contributed by atoms with Gasteiger partial charge in [0.05, 0.1) is 34.8 Å². The number of rotatable bonds is 5. The molecule has 0 saturated carbocycles. The molecule has 2 heterocycles. The van der Waals surface area contributed by atoms with Gasteiger partial charge in [-0.05, 0) is 37.0 Å². The maximum atomic E-state index is 13.3. The van der Waals surface area contributed by atoms with Crippen LogP contribution in [0.3, 0.4) is 0 Å². The fourth-order valence-electron chi connectivity index (χ4n) is 3.86. The Labute approximate surface area is 179 Å². The SMILES string of the molecule is C[C@H]1c2cccc(C(C)(O)CF)c2CCN1C(=O)Cc1c(Cl)cnc(CO)c1Cl. The van der Waals surface area contributed by atoms with E-state index in [1.54, 1.807) is 17.0 Å². The van der Waals surface area contributed by atoms with Crippen LogP contribution in [-0.4, -0.2) is 39.2 Å². The van der Waals surface area contributed by atoms with Crippen molar-refractivity contribution in [2.45, 2.75) is 44.9 Å². The average Bonchev–Trinajstić information content (AvgIpc) is 2.71. The molecule has 0 radical (unpaired) electrons. The van der Waals surface area contributed by atoms with Crippen molar-refractivity contribution < 1.29 is 19.4 Å². The number of aromatic nitrogens is 1. The number of carbonyl (C=O) groups is 1. The maximum absolute atomic E-state index is 13.3. The molecule has 0 spiro atoms. The lowest BCUT2D eigenvalue weighted by Gasteiger charge is -2.38. The molecule has 1 aliphatic rings. The van der Waals surface area contributed by atoms with E-state index in [1.807, 2.05) is 13.0 Å². The highest BCUT2D eigenvalue weighted by atomic mass is 35.5. The molecule has 1 aromatic carbocycles. The van der Waals surface area contributed by atoms with Crippen molar-refractivity contribution in [2.75, 3.05) is 13.2 Å². The molecule has 1 aliphatic heterocycles. The second kappa shape index (κ2) is 8.56. The van der Waals surface area contributed by atoms with Gasteiger partial charge in [-0.2, -0.15) is 0 Å². The number of hydrogen-bond acceptors (Lipinski definition) is 4. The number of alkyl halides is 1. The third-order valence-electron chi connectivity index (χ3n) is 5.51. The molecule has 2 N–H and O–H groups in total. The van der Waals surface area contributed by atoms with Gasteiger partial charge >= 0.3 is 0 Å². The van der Waals surface area contributed by atoms with E-state index in [0.29, 0.717) is 24.1 Å². The first-order valence-corrected chi connectivity index (χ1v) is 10.1. The number of carbonyl (C=O) groups excluding carboxylic acids is 1. The summed E-state index contributed by atoms with van der Waals surface area (Å²) in [5, 5.41) is 20.2. The van der Waals surface area contributed by atoms with Crippen LogP contribution < -0.4 is 0 Å². The van der Waals surface area contributed by atoms with Gasteiger partial charge in [0.1, 0.15) is 12.3 Å². The van der Waals surface area contributed by atoms with E-state index in [4.69, 9.17) is 23.2 Å². The Balaban J connectivity index is 1.89. The summed E-state index contributed by atoms with van der Waals surface area (Å²) in [7, 11) is 0. The second-order valence-electron chi connectivity index (χ2n) is 7.47. The van der Waals surface area contributed by atoms with Crippen LogP contribution in [0.5, 0.6) is 0 Å². The molecule has 1 unspecified atom stereocenters. The monoisotopic (exact) mass is 440 g/mol. The third kappa shape index (κ3) is 4.12. The van der Waals surface area contributed by atoms with Crippen LogP contribution in [0, 0.1) is 0 Å². The Kier molecular flexibility index (Phi) is 6.48. The van der Waals surface area contributed by atoms with Gasteiger partial charge in [0.25, 0.3) is 0 Å². The van der Waals surface area contributed by atoms with Crippen molar-refractivity contribution >= 4 is 29.1 Å². The van der Waals surface area contributed by atoms with Crippen LogP contribution >= 0.6 is 23.2 Å². The van der Waals surface area contributed by atoms with Crippen molar-refractivity contribution in [3.05, 3.63) is 62.4 Å². The smallest absolute Gasteiger partial charge is 0.227 e. The number of hydrogen-bond donors (Lipinski definition) is 2. The fraction of sp³-hybridized carbons (Fsp3) is 0.429. The number of amides is 1. The lowest BCUT2D eigenvalue weighted by Crippen LogP contribution is -2.41. The lowest BCUT2D eigenvalue weighted by atomic mass is 9.83. The maximum Gasteiger partial charge on any atom is 0.227 e. The van der Waals surface area contributed by atoms with E-state index in [9.17, 15) is 19.4 Å². The Morgan fingerprint density at radius 2 is 2.14 bits per heavy atom. The molecule has 5 nitrogen and oxygen atoms in total. The van der Waals surface area contributed by atoms with Gasteiger partial charge in [0, 0.05) is 18.3 Å². The third-order valence-corrected chi connectivity index (χ3v) is 6.28. The Hall–Kier alpha value is -1.73. The number of benzene rings is 1. The van der Waals surface area contributed by atoms with Crippen molar-refractivity contribution in [2.24, 2.45) is 0 Å². The predicted octanol–water partition coefficient (Wildman–Crippen LogP) is 3.75. The Morgan fingerprint density at radius 1 is 1.41 bits per heavy atom. The average molecular weight is 441 g/mol. The normalized spacial score (nSPS) is 18.3. The van der Waals surface area contributed by atoms with E-state index in [1.165, 1.54) is 13.1 Å². The van der Waals surface area contributed by atoms with Crippen LogP contribution in [0.1, 0.15) is 47.8 Å². The van der Waals surface area contributed by atoms with Crippen molar-refractivity contribution in [3.8, 4) is 0 Å². The summed E-state index contributed by atoms with van der Waals surface area (Å²) in [4.78, 5) is 18.7. The molecule has 0 saturated heterocycles. The van der Waals surface area contributed by atoms with Gasteiger partial charge in [-0.1, -0.05) is 41.4 Å². The first kappa shape index (κ1) is 22.0. The summed E-state index contributed by atoms with van der Waals surface area (Å²) in [6.07, 6.45) is 1.87. The first-order valence-electron chi connectivity index (χ1n) is 9.34. The number of pyridine rings is 1. The zero-order chi connectivity index (χ0) is 21.3. The molecule has 1 amide bonds. The molecule has 29 heavy (non-hydrogen) atoms. The van der Waals surface area contributed by atoms with Crippen molar-refractivity contribution in [1.82, 2.24) is 9.88 Å². The first-order chi connectivity index (χ1) is 13.7. The van der Waals surface area contributed by atoms with E-state index in [0.717, 1.165) is 11.1 Å². The molecule has 1 aromatic heterocycles. The van der Waals surface area contributed by atoms with Crippen LogP contribution in [0.25, 0.3) is 0 Å². The molecule has 0 fully saturated rings.